The van der Waals surface area contributed by atoms with Crippen LogP contribution in [0.4, 0.5) is 4.39 Å². The molecule has 0 amide bonds. The highest BCUT2D eigenvalue weighted by atomic mass is 19.1. The van der Waals surface area contributed by atoms with Crippen LogP contribution in [0.15, 0.2) is 36.4 Å². The van der Waals surface area contributed by atoms with Crippen molar-refractivity contribution < 1.29 is 9.13 Å². The van der Waals surface area contributed by atoms with E-state index in [9.17, 15) is 4.39 Å². The van der Waals surface area contributed by atoms with E-state index in [1.165, 1.54) is 63.4 Å². The van der Waals surface area contributed by atoms with Gasteiger partial charge in [0.25, 0.3) is 0 Å². The lowest BCUT2D eigenvalue weighted by atomic mass is 9.68. The summed E-state index contributed by atoms with van der Waals surface area (Å²) in [7, 11) is 0. The Morgan fingerprint density at radius 3 is 2.10 bits per heavy atom. The molecule has 2 saturated carbocycles. The maximum Gasteiger partial charge on any atom is 0.119 e. The van der Waals surface area contributed by atoms with E-state index in [0.717, 1.165) is 48.9 Å². The van der Waals surface area contributed by atoms with Gasteiger partial charge in [0.05, 0.1) is 13.3 Å². The van der Waals surface area contributed by atoms with Gasteiger partial charge < -0.3 is 4.74 Å². The van der Waals surface area contributed by atoms with Gasteiger partial charge in [0.1, 0.15) is 5.75 Å². The Kier molecular flexibility index (Phi) is 9.57. The third-order valence-corrected chi connectivity index (χ3v) is 7.34. The molecule has 0 atom stereocenters. The average Bonchev–Trinajstić information content (AvgIpc) is 2.78. The smallest absolute Gasteiger partial charge is 0.119 e. The Balaban J connectivity index is 1.36. The molecule has 2 aliphatic carbocycles. The van der Waals surface area contributed by atoms with Crippen LogP contribution in [0.25, 0.3) is 0 Å². The molecule has 0 radical (unpaired) electrons. The van der Waals surface area contributed by atoms with Crippen molar-refractivity contribution in [1.29, 1.82) is 0 Å². The van der Waals surface area contributed by atoms with Crippen LogP contribution >= 0.6 is 0 Å². The second-order valence-corrected chi connectivity index (χ2v) is 9.34. The first kappa shape index (κ1) is 22.4. The van der Waals surface area contributed by atoms with Crippen molar-refractivity contribution in [2.24, 2.45) is 17.8 Å². The van der Waals surface area contributed by atoms with Crippen molar-refractivity contribution in [3.05, 3.63) is 42.0 Å². The average molecular weight is 401 g/mol. The number of hydrogen-bond acceptors (Lipinski definition) is 1. The number of benzene rings is 1. The van der Waals surface area contributed by atoms with Gasteiger partial charge in [-0.15, -0.1) is 0 Å². The van der Waals surface area contributed by atoms with E-state index in [0.29, 0.717) is 6.42 Å². The van der Waals surface area contributed by atoms with Crippen LogP contribution < -0.4 is 4.74 Å². The molecule has 0 saturated heterocycles. The van der Waals surface area contributed by atoms with Crippen LogP contribution in [0.1, 0.15) is 95.5 Å². The molecule has 3 rings (SSSR count). The molecular formula is C27H41FO. The first-order chi connectivity index (χ1) is 14.3. The summed E-state index contributed by atoms with van der Waals surface area (Å²) < 4.78 is 17.8. The summed E-state index contributed by atoms with van der Waals surface area (Å²) in [6.07, 6.45) is 19.6. The molecule has 2 heteroatoms. The Morgan fingerprint density at radius 2 is 1.48 bits per heavy atom. The van der Waals surface area contributed by atoms with Crippen molar-refractivity contribution in [3.8, 4) is 5.75 Å². The molecule has 1 nitrogen and oxygen atoms in total. The highest BCUT2D eigenvalue weighted by Gasteiger charge is 2.31. The molecule has 162 valence electrons. The molecule has 1 aromatic rings. The minimum atomic E-state index is -0.220. The third kappa shape index (κ3) is 7.15. The van der Waals surface area contributed by atoms with Gasteiger partial charge in [0, 0.05) is 0 Å². The number of hydrogen-bond donors (Lipinski definition) is 0. The summed E-state index contributed by atoms with van der Waals surface area (Å²) in [4.78, 5) is 0. The van der Waals surface area contributed by atoms with E-state index in [2.05, 4.69) is 37.3 Å². The minimum Gasteiger partial charge on any atom is -0.494 e. The quantitative estimate of drug-likeness (QED) is 0.359. The molecule has 0 aromatic heterocycles. The Labute approximate surface area is 178 Å². The van der Waals surface area contributed by atoms with Crippen molar-refractivity contribution in [2.75, 3.05) is 13.3 Å². The molecule has 0 aliphatic heterocycles. The SMILES string of the molecule is CCCOc1ccc(C2CCC(C3CCC(CC/C=C/CCF)CC3)CC2)cc1. The lowest BCUT2D eigenvalue weighted by molar-refractivity contribution is 0.157. The zero-order chi connectivity index (χ0) is 20.3. The number of ether oxygens (including phenoxy) is 1. The third-order valence-electron chi connectivity index (χ3n) is 7.34. The summed E-state index contributed by atoms with van der Waals surface area (Å²) >= 11 is 0. The largest absolute Gasteiger partial charge is 0.494 e. The minimum absolute atomic E-state index is 0.220. The van der Waals surface area contributed by atoms with Gasteiger partial charge in [0.2, 0.25) is 0 Å². The Bertz CT molecular complexity index is 577. The zero-order valence-electron chi connectivity index (χ0n) is 18.5. The topological polar surface area (TPSA) is 9.23 Å². The molecule has 29 heavy (non-hydrogen) atoms. The van der Waals surface area contributed by atoms with Gasteiger partial charge in [-0.2, -0.15) is 0 Å². The van der Waals surface area contributed by atoms with Crippen LogP contribution in [0, 0.1) is 17.8 Å². The highest BCUT2D eigenvalue weighted by molar-refractivity contribution is 5.29. The van der Waals surface area contributed by atoms with Crippen molar-refractivity contribution >= 4 is 0 Å². The number of rotatable bonds is 10. The van der Waals surface area contributed by atoms with Gasteiger partial charge in [-0.05, 0) is 106 Å². The van der Waals surface area contributed by atoms with E-state index in [1.54, 1.807) is 0 Å². The summed E-state index contributed by atoms with van der Waals surface area (Å²) in [5.41, 5.74) is 1.51. The number of alkyl halides is 1. The van der Waals surface area contributed by atoms with Gasteiger partial charge >= 0.3 is 0 Å². The highest BCUT2D eigenvalue weighted by Crippen LogP contribution is 2.44. The Morgan fingerprint density at radius 1 is 0.862 bits per heavy atom. The molecule has 0 N–H and O–H groups in total. The van der Waals surface area contributed by atoms with Crippen LogP contribution in [0.5, 0.6) is 5.75 Å². The van der Waals surface area contributed by atoms with Crippen molar-refractivity contribution in [2.45, 2.75) is 89.9 Å². The second kappa shape index (κ2) is 12.4. The first-order valence-corrected chi connectivity index (χ1v) is 12.2. The molecule has 2 aliphatic rings. The van der Waals surface area contributed by atoms with E-state index < -0.39 is 0 Å². The maximum atomic E-state index is 12.1. The van der Waals surface area contributed by atoms with Crippen LogP contribution in [0.3, 0.4) is 0 Å². The van der Waals surface area contributed by atoms with Crippen molar-refractivity contribution in [3.63, 3.8) is 0 Å². The number of halogens is 1. The Hall–Kier alpha value is -1.31. The fraction of sp³-hybridized carbons (Fsp3) is 0.704. The summed E-state index contributed by atoms with van der Waals surface area (Å²) in [6.45, 7) is 2.74. The predicted octanol–water partition coefficient (Wildman–Crippen LogP) is 8.25. The summed E-state index contributed by atoms with van der Waals surface area (Å²) in [5, 5.41) is 0. The maximum absolute atomic E-state index is 12.1. The molecule has 0 unspecified atom stereocenters. The van der Waals surface area contributed by atoms with E-state index in [-0.39, 0.29) is 6.67 Å². The number of allylic oxidation sites excluding steroid dienone is 2. The van der Waals surface area contributed by atoms with Crippen LogP contribution in [-0.4, -0.2) is 13.3 Å². The first-order valence-electron chi connectivity index (χ1n) is 12.2. The van der Waals surface area contributed by atoms with Crippen molar-refractivity contribution in [1.82, 2.24) is 0 Å². The summed E-state index contributed by atoms with van der Waals surface area (Å²) in [5.74, 6) is 4.60. The zero-order valence-corrected chi connectivity index (χ0v) is 18.5. The van der Waals surface area contributed by atoms with Gasteiger partial charge in [-0.3, -0.25) is 4.39 Å². The lowest BCUT2D eigenvalue weighted by Crippen LogP contribution is -2.25. The normalized spacial score (nSPS) is 27.9. The lowest BCUT2D eigenvalue weighted by Gasteiger charge is -2.38. The van der Waals surface area contributed by atoms with E-state index in [4.69, 9.17) is 4.74 Å². The predicted molar refractivity (Wildman–Crippen MR) is 121 cm³/mol. The fourth-order valence-electron chi connectivity index (χ4n) is 5.56. The van der Waals surface area contributed by atoms with E-state index in [1.807, 2.05) is 6.08 Å². The van der Waals surface area contributed by atoms with Gasteiger partial charge in [-0.25, -0.2) is 0 Å². The molecule has 0 heterocycles. The van der Waals surface area contributed by atoms with Crippen LogP contribution in [-0.2, 0) is 0 Å². The molecule has 2 fully saturated rings. The monoisotopic (exact) mass is 400 g/mol. The molecular weight excluding hydrogens is 359 g/mol. The fourth-order valence-corrected chi connectivity index (χ4v) is 5.56. The van der Waals surface area contributed by atoms with E-state index >= 15 is 0 Å². The van der Waals surface area contributed by atoms with Gasteiger partial charge in [0.15, 0.2) is 0 Å². The molecule has 0 spiro atoms. The van der Waals surface area contributed by atoms with Crippen LogP contribution in [0.2, 0.25) is 0 Å². The standard InChI is InChI=1S/C27H41FO/c1-2-21-29-27-18-16-26(17-19-27)25-14-12-24(13-15-25)23-10-8-22(9-11-23)7-5-3-4-6-20-28/h3-4,16-19,22-25H,2,5-15,20-21H2,1H3/b4-3+. The van der Waals surface area contributed by atoms with Gasteiger partial charge in [-0.1, -0.05) is 44.1 Å². The molecule has 0 bridgehead atoms. The molecule has 1 aromatic carbocycles. The second-order valence-electron chi connectivity index (χ2n) is 9.34. The summed E-state index contributed by atoms with van der Waals surface area (Å²) in [6, 6.07) is 8.91.